The number of aromatic nitrogens is 6. The quantitative estimate of drug-likeness (QED) is 0.548. The molecule has 3 aromatic heterocycles. The van der Waals surface area contributed by atoms with Crippen molar-refractivity contribution in [1.29, 1.82) is 0 Å². The van der Waals surface area contributed by atoms with Crippen molar-refractivity contribution < 1.29 is 4.52 Å². The topological polar surface area (TPSA) is 119 Å². The summed E-state index contributed by atoms with van der Waals surface area (Å²) in [4.78, 5) is 12.8. The Labute approximate surface area is 162 Å². The predicted molar refractivity (Wildman–Crippen MR) is 105 cm³/mol. The first-order valence-corrected chi connectivity index (χ1v) is 9.00. The van der Waals surface area contributed by atoms with Crippen molar-refractivity contribution >= 4 is 5.95 Å². The Balaban J connectivity index is 1.70. The van der Waals surface area contributed by atoms with E-state index >= 15 is 0 Å². The van der Waals surface area contributed by atoms with E-state index in [1.165, 1.54) is 0 Å². The third-order valence-electron chi connectivity index (χ3n) is 5.28. The molecule has 0 saturated heterocycles. The molecule has 142 valence electrons. The predicted octanol–water partition coefficient (Wildman–Crippen LogP) is 3.46. The van der Waals surface area contributed by atoms with Crippen LogP contribution < -0.4 is 5.73 Å². The minimum atomic E-state index is -0.415. The first-order chi connectivity index (χ1) is 13.5. The van der Waals surface area contributed by atoms with Crippen LogP contribution in [-0.4, -0.2) is 30.3 Å². The van der Waals surface area contributed by atoms with Gasteiger partial charge in [0.15, 0.2) is 5.82 Å². The smallest absolute Gasteiger partial charge is 0.261 e. The summed E-state index contributed by atoms with van der Waals surface area (Å²) < 4.78 is 5.48. The van der Waals surface area contributed by atoms with Crippen LogP contribution in [0, 0.1) is 5.92 Å². The number of H-pyrrole nitrogens is 1. The maximum Gasteiger partial charge on any atom is 0.261 e. The summed E-state index contributed by atoms with van der Waals surface area (Å²) in [5.74, 6) is 1.60. The van der Waals surface area contributed by atoms with Gasteiger partial charge in [-0.2, -0.15) is 10.1 Å². The zero-order chi connectivity index (χ0) is 19.7. The molecule has 4 rings (SSSR count). The van der Waals surface area contributed by atoms with Gasteiger partial charge in [0.1, 0.15) is 0 Å². The van der Waals surface area contributed by atoms with Crippen LogP contribution in [0.2, 0.25) is 0 Å². The monoisotopic (exact) mass is 375 g/mol. The number of aromatic amines is 1. The molecule has 4 aromatic rings. The van der Waals surface area contributed by atoms with Gasteiger partial charge in [-0.1, -0.05) is 43.3 Å². The zero-order valence-electron chi connectivity index (χ0n) is 15.9. The highest BCUT2D eigenvalue weighted by molar-refractivity contribution is 5.62. The van der Waals surface area contributed by atoms with Crippen molar-refractivity contribution in [2.24, 2.45) is 5.92 Å². The molecule has 0 unspecified atom stereocenters. The molecule has 0 fully saturated rings. The van der Waals surface area contributed by atoms with Gasteiger partial charge >= 0.3 is 0 Å². The molecule has 3 N–H and O–H groups in total. The summed E-state index contributed by atoms with van der Waals surface area (Å²) in [5, 5.41) is 11.0. The van der Waals surface area contributed by atoms with Crippen LogP contribution in [0.25, 0.3) is 22.6 Å². The van der Waals surface area contributed by atoms with E-state index in [4.69, 9.17) is 10.3 Å². The van der Waals surface area contributed by atoms with E-state index in [0.29, 0.717) is 11.7 Å². The molecule has 0 saturated carbocycles. The Kier molecular flexibility index (Phi) is 4.38. The number of nitrogen functional groups attached to an aromatic ring is 1. The first-order valence-electron chi connectivity index (χ1n) is 9.00. The van der Waals surface area contributed by atoms with Crippen LogP contribution in [0.3, 0.4) is 0 Å². The number of nitrogens with two attached hydrogens (primary N) is 1. The van der Waals surface area contributed by atoms with Crippen LogP contribution in [-0.2, 0) is 5.41 Å². The van der Waals surface area contributed by atoms with Gasteiger partial charge in [-0.15, -0.1) is 0 Å². The Morgan fingerprint density at radius 3 is 2.32 bits per heavy atom. The molecular weight excluding hydrogens is 354 g/mol. The molecule has 0 aliphatic rings. The van der Waals surface area contributed by atoms with Gasteiger partial charge in [-0.05, 0) is 24.0 Å². The number of hydrogen-bond donors (Lipinski definition) is 2. The highest BCUT2D eigenvalue weighted by atomic mass is 16.5. The standard InChI is InChI=1S/C20H21N7O/c1-12(2)20(3,18-26-17(28-27-18)15-10-24-25-11-15)16-6-4-13(5-7-16)14-8-22-19(21)23-9-14/h4-12H,1-3H3,(H,24,25)(H2,21,22,23)/t20-/m1/s1. The van der Waals surface area contributed by atoms with Gasteiger partial charge in [0.05, 0.1) is 17.2 Å². The van der Waals surface area contributed by atoms with E-state index in [1.807, 2.05) is 12.1 Å². The highest BCUT2D eigenvalue weighted by Gasteiger charge is 2.37. The minimum absolute atomic E-state index is 0.244. The fraction of sp³-hybridized carbons (Fsp3) is 0.250. The third-order valence-corrected chi connectivity index (χ3v) is 5.28. The summed E-state index contributed by atoms with van der Waals surface area (Å²) >= 11 is 0. The molecule has 1 aromatic carbocycles. The SMILES string of the molecule is CC(C)[C@](C)(c1ccc(-c2cnc(N)nc2)cc1)c1noc(-c2cn[nH]c2)n1. The highest BCUT2D eigenvalue weighted by Crippen LogP contribution is 2.38. The van der Waals surface area contributed by atoms with E-state index in [2.05, 4.69) is 63.2 Å². The third kappa shape index (κ3) is 3.02. The summed E-state index contributed by atoms with van der Waals surface area (Å²) in [6, 6.07) is 8.25. The minimum Gasteiger partial charge on any atom is -0.368 e. The van der Waals surface area contributed by atoms with Crippen molar-refractivity contribution in [2.75, 3.05) is 5.73 Å². The molecule has 0 radical (unpaired) electrons. The summed E-state index contributed by atoms with van der Waals surface area (Å²) in [6.45, 7) is 6.42. The lowest BCUT2D eigenvalue weighted by Gasteiger charge is -2.31. The number of nitrogens with one attached hydrogen (secondary N) is 1. The number of nitrogens with zero attached hydrogens (tertiary/aromatic N) is 5. The summed E-state index contributed by atoms with van der Waals surface area (Å²) in [7, 11) is 0. The zero-order valence-corrected chi connectivity index (χ0v) is 15.9. The average molecular weight is 375 g/mol. The molecule has 3 heterocycles. The fourth-order valence-corrected chi connectivity index (χ4v) is 3.14. The van der Waals surface area contributed by atoms with Gasteiger partial charge in [-0.25, -0.2) is 9.97 Å². The van der Waals surface area contributed by atoms with Gasteiger partial charge in [0.2, 0.25) is 5.95 Å². The van der Waals surface area contributed by atoms with Crippen LogP contribution in [0.5, 0.6) is 0 Å². The van der Waals surface area contributed by atoms with Crippen molar-refractivity contribution in [2.45, 2.75) is 26.2 Å². The lowest BCUT2D eigenvalue weighted by molar-refractivity contribution is 0.351. The van der Waals surface area contributed by atoms with Crippen LogP contribution in [0.4, 0.5) is 5.95 Å². The van der Waals surface area contributed by atoms with Gasteiger partial charge < -0.3 is 10.3 Å². The lowest BCUT2D eigenvalue weighted by atomic mass is 9.72. The van der Waals surface area contributed by atoms with E-state index in [0.717, 1.165) is 22.3 Å². The second kappa shape index (κ2) is 6.88. The van der Waals surface area contributed by atoms with Crippen molar-refractivity contribution in [3.63, 3.8) is 0 Å². The van der Waals surface area contributed by atoms with E-state index < -0.39 is 5.41 Å². The van der Waals surface area contributed by atoms with E-state index in [9.17, 15) is 0 Å². The second-order valence-corrected chi connectivity index (χ2v) is 7.17. The number of hydrogen-bond acceptors (Lipinski definition) is 7. The van der Waals surface area contributed by atoms with Crippen molar-refractivity contribution in [3.05, 3.63) is 60.4 Å². The molecule has 1 atom stereocenters. The van der Waals surface area contributed by atoms with E-state index in [1.54, 1.807) is 24.8 Å². The Bertz CT molecular complexity index is 1050. The van der Waals surface area contributed by atoms with Crippen molar-refractivity contribution in [3.8, 4) is 22.6 Å². The van der Waals surface area contributed by atoms with Gasteiger partial charge in [-0.3, -0.25) is 5.10 Å². The Morgan fingerprint density at radius 1 is 1.00 bits per heavy atom. The molecule has 0 bridgehead atoms. The molecular formula is C20H21N7O. The summed E-state index contributed by atoms with van der Waals surface area (Å²) in [5.41, 5.74) is 8.95. The summed E-state index contributed by atoms with van der Waals surface area (Å²) in [6.07, 6.45) is 6.83. The van der Waals surface area contributed by atoms with E-state index in [-0.39, 0.29) is 11.9 Å². The number of rotatable bonds is 5. The van der Waals surface area contributed by atoms with Crippen LogP contribution in [0.15, 0.2) is 53.6 Å². The maximum absolute atomic E-state index is 5.57. The van der Waals surface area contributed by atoms with Gasteiger partial charge in [0.25, 0.3) is 5.89 Å². The molecule has 0 aliphatic carbocycles. The first kappa shape index (κ1) is 17.8. The normalized spacial score (nSPS) is 13.6. The maximum atomic E-state index is 5.57. The Morgan fingerprint density at radius 2 is 1.71 bits per heavy atom. The molecule has 0 spiro atoms. The second-order valence-electron chi connectivity index (χ2n) is 7.17. The molecule has 8 nitrogen and oxygen atoms in total. The Hall–Kier alpha value is -3.55. The largest absolute Gasteiger partial charge is 0.368 e. The fourth-order valence-electron chi connectivity index (χ4n) is 3.14. The molecule has 0 aliphatic heterocycles. The molecule has 8 heteroatoms. The van der Waals surface area contributed by atoms with Crippen LogP contribution in [0.1, 0.15) is 32.2 Å². The van der Waals surface area contributed by atoms with Crippen molar-refractivity contribution in [1.82, 2.24) is 30.3 Å². The lowest BCUT2D eigenvalue weighted by Crippen LogP contribution is -2.31. The van der Waals surface area contributed by atoms with Crippen LogP contribution >= 0.6 is 0 Å². The number of anilines is 1. The molecule has 0 amide bonds. The van der Waals surface area contributed by atoms with Gasteiger partial charge in [0, 0.05) is 24.2 Å². The average Bonchev–Trinajstić information content (AvgIpc) is 3.40. The molecule has 28 heavy (non-hydrogen) atoms. The number of benzene rings is 1.